The fourth-order valence-corrected chi connectivity index (χ4v) is 2.18. The lowest BCUT2D eigenvalue weighted by Gasteiger charge is -2.09. The average molecular weight is 418 g/mol. The van der Waals surface area contributed by atoms with Crippen molar-refractivity contribution in [3.05, 3.63) is 59.7 Å². The van der Waals surface area contributed by atoms with E-state index in [9.17, 15) is 0 Å². The number of hydrogen-bond acceptors (Lipinski definition) is 5. The van der Waals surface area contributed by atoms with Gasteiger partial charge in [0.1, 0.15) is 11.5 Å². The number of halogens is 1. The van der Waals surface area contributed by atoms with Crippen molar-refractivity contribution in [2.45, 2.75) is 39.9 Å². The lowest BCUT2D eigenvalue weighted by Crippen LogP contribution is -2.29. The summed E-state index contributed by atoms with van der Waals surface area (Å²) in [7, 11) is 0. The second-order valence-corrected chi connectivity index (χ2v) is 6.59. The minimum absolute atomic E-state index is 0. The van der Waals surface area contributed by atoms with E-state index in [0.717, 1.165) is 22.6 Å². The molecule has 0 atom stereocenters. The minimum atomic E-state index is -0.0352. The van der Waals surface area contributed by atoms with Gasteiger partial charge < -0.3 is 9.47 Å². The number of ether oxygens (including phenoxy) is 2. The van der Waals surface area contributed by atoms with Crippen molar-refractivity contribution in [3.8, 4) is 11.5 Å². The topological polar surface area (TPSA) is 91.1 Å². The second-order valence-electron chi connectivity index (χ2n) is 6.59. The molecule has 0 heterocycles. The summed E-state index contributed by atoms with van der Waals surface area (Å²) in [6.07, 6.45) is 3.51. The van der Waals surface area contributed by atoms with Gasteiger partial charge in [0.05, 0.1) is 24.6 Å². The molecule has 0 unspecified atom stereocenters. The Morgan fingerprint density at radius 2 is 1.10 bits per heavy atom. The molecule has 0 spiro atoms. The van der Waals surface area contributed by atoms with Gasteiger partial charge in [0.15, 0.2) is 0 Å². The van der Waals surface area contributed by atoms with Crippen LogP contribution in [0.25, 0.3) is 0 Å². The molecule has 0 radical (unpaired) electrons. The molecule has 0 aliphatic rings. The molecular weight excluding hydrogens is 390 g/mol. The summed E-state index contributed by atoms with van der Waals surface area (Å²) in [5, 5.41) is 15.8. The molecule has 0 saturated carbocycles. The van der Waals surface area contributed by atoms with E-state index >= 15 is 0 Å². The quantitative estimate of drug-likeness (QED) is 0.341. The first-order chi connectivity index (χ1) is 13.4. The molecular formula is C21H28ClN5O2. The first-order valence-electron chi connectivity index (χ1n) is 9.12. The second kappa shape index (κ2) is 12.4. The van der Waals surface area contributed by atoms with Crippen LogP contribution in [0.3, 0.4) is 0 Å². The Hall–Kier alpha value is -3.06. The SMILES string of the molecule is CC(C)Oc1ccc(C=NNC(=N)NN=Cc2ccc(OC(C)C)cc2)cc1.Cl. The molecule has 0 aliphatic carbocycles. The van der Waals surface area contributed by atoms with Crippen LogP contribution in [0.1, 0.15) is 38.8 Å². The molecule has 156 valence electrons. The highest BCUT2D eigenvalue weighted by Crippen LogP contribution is 2.13. The highest BCUT2D eigenvalue weighted by atomic mass is 35.5. The molecule has 3 N–H and O–H groups in total. The monoisotopic (exact) mass is 417 g/mol. The van der Waals surface area contributed by atoms with E-state index in [4.69, 9.17) is 14.9 Å². The fourth-order valence-electron chi connectivity index (χ4n) is 2.18. The zero-order valence-corrected chi connectivity index (χ0v) is 17.9. The molecule has 2 rings (SSSR count). The maximum absolute atomic E-state index is 7.75. The normalized spacial score (nSPS) is 11.0. The number of hydrogen-bond donors (Lipinski definition) is 3. The maximum atomic E-state index is 7.75. The third-order valence-electron chi connectivity index (χ3n) is 3.28. The van der Waals surface area contributed by atoms with Gasteiger partial charge in [-0.2, -0.15) is 10.2 Å². The third-order valence-corrected chi connectivity index (χ3v) is 3.28. The van der Waals surface area contributed by atoms with Crippen LogP contribution < -0.4 is 20.3 Å². The molecule has 0 fully saturated rings. The van der Waals surface area contributed by atoms with Crippen LogP contribution in [-0.4, -0.2) is 30.6 Å². The first-order valence-corrected chi connectivity index (χ1v) is 9.12. The first kappa shape index (κ1) is 24.0. The van der Waals surface area contributed by atoms with Crippen molar-refractivity contribution >= 4 is 30.8 Å². The van der Waals surface area contributed by atoms with E-state index in [1.54, 1.807) is 12.4 Å². The van der Waals surface area contributed by atoms with Gasteiger partial charge >= 0.3 is 0 Å². The van der Waals surface area contributed by atoms with E-state index in [2.05, 4.69) is 21.1 Å². The summed E-state index contributed by atoms with van der Waals surface area (Å²) >= 11 is 0. The van der Waals surface area contributed by atoms with Gasteiger partial charge in [-0.3, -0.25) is 5.41 Å². The van der Waals surface area contributed by atoms with Gasteiger partial charge in [-0.15, -0.1) is 12.4 Å². The van der Waals surface area contributed by atoms with Gasteiger partial charge in [0, 0.05) is 0 Å². The minimum Gasteiger partial charge on any atom is -0.491 e. The van der Waals surface area contributed by atoms with E-state index in [0.29, 0.717) is 0 Å². The zero-order chi connectivity index (χ0) is 20.4. The van der Waals surface area contributed by atoms with Crippen molar-refractivity contribution in [3.63, 3.8) is 0 Å². The van der Waals surface area contributed by atoms with E-state index in [-0.39, 0.29) is 30.6 Å². The number of rotatable bonds is 8. The number of nitrogens with zero attached hydrogens (tertiary/aromatic N) is 2. The van der Waals surface area contributed by atoms with Crippen LogP contribution in [0.4, 0.5) is 0 Å². The Labute approximate surface area is 178 Å². The van der Waals surface area contributed by atoms with Crippen molar-refractivity contribution in [2.24, 2.45) is 10.2 Å². The van der Waals surface area contributed by atoms with Crippen LogP contribution in [0.15, 0.2) is 58.7 Å². The maximum Gasteiger partial charge on any atom is 0.230 e. The molecule has 2 aromatic rings. The van der Waals surface area contributed by atoms with Gasteiger partial charge in [0.2, 0.25) is 5.96 Å². The number of benzene rings is 2. The molecule has 2 aromatic carbocycles. The van der Waals surface area contributed by atoms with E-state index in [1.165, 1.54) is 0 Å². The number of nitrogens with one attached hydrogen (secondary N) is 3. The number of guanidine groups is 1. The van der Waals surface area contributed by atoms with Gasteiger partial charge in [-0.05, 0) is 87.4 Å². The predicted molar refractivity (Wildman–Crippen MR) is 121 cm³/mol. The Morgan fingerprint density at radius 1 is 0.759 bits per heavy atom. The molecule has 8 heteroatoms. The summed E-state index contributed by atoms with van der Waals surface area (Å²) in [6, 6.07) is 15.1. The summed E-state index contributed by atoms with van der Waals surface area (Å²) in [5.41, 5.74) is 6.93. The summed E-state index contributed by atoms with van der Waals surface area (Å²) in [5.74, 6) is 1.59. The lowest BCUT2D eigenvalue weighted by atomic mass is 10.2. The smallest absolute Gasteiger partial charge is 0.230 e. The number of hydrazone groups is 2. The van der Waals surface area contributed by atoms with Gasteiger partial charge in [-0.1, -0.05) is 0 Å². The van der Waals surface area contributed by atoms with E-state index < -0.39 is 0 Å². The van der Waals surface area contributed by atoms with Crippen molar-refractivity contribution in [1.29, 1.82) is 5.41 Å². The van der Waals surface area contributed by atoms with Crippen molar-refractivity contribution in [2.75, 3.05) is 0 Å². The fraction of sp³-hybridized carbons (Fsp3) is 0.286. The third kappa shape index (κ3) is 9.62. The largest absolute Gasteiger partial charge is 0.491 e. The molecule has 29 heavy (non-hydrogen) atoms. The Morgan fingerprint density at radius 3 is 1.41 bits per heavy atom. The predicted octanol–water partition coefficient (Wildman–Crippen LogP) is 4.16. The Balaban J connectivity index is 0.00000420. The summed E-state index contributed by atoms with van der Waals surface area (Å²) < 4.78 is 11.2. The highest BCUT2D eigenvalue weighted by Gasteiger charge is 1.98. The van der Waals surface area contributed by atoms with Gasteiger partial charge in [-0.25, -0.2) is 10.9 Å². The summed E-state index contributed by atoms with van der Waals surface area (Å²) in [6.45, 7) is 7.93. The van der Waals surface area contributed by atoms with Crippen molar-refractivity contribution < 1.29 is 9.47 Å². The van der Waals surface area contributed by atoms with Gasteiger partial charge in [0.25, 0.3) is 0 Å². The standard InChI is InChI=1S/C21H27N5O2.ClH/c1-15(2)27-19-9-5-17(6-10-19)13-23-25-21(22)26-24-14-18-7-11-20(12-8-18)28-16(3)4;/h5-16H,1-4H3,(H3,22,25,26);1H. The van der Waals surface area contributed by atoms with Crippen molar-refractivity contribution in [1.82, 2.24) is 10.9 Å². The van der Waals surface area contributed by atoms with Crippen LogP contribution in [0, 0.1) is 5.41 Å². The summed E-state index contributed by atoms with van der Waals surface area (Å²) in [4.78, 5) is 0. The molecule has 0 aromatic heterocycles. The molecule has 0 saturated heterocycles. The molecule has 7 nitrogen and oxygen atoms in total. The molecule has 0 amide bonds. The average Bonchev–Trinajstić information content (AvgIpc) is 2.64. The van der Waals surface area contributed by atoms with Crippen LogP contribution in [-0.2, 0) is 0 Å². The van der Waals surface area contributed by atoms with Crippen LogP contribution in [0.5, 0.6) is 11.5 Å². The Kier molecular flexibility index (Phi) is 10.3. The van der Waals surface area contributed by atoms with E-state index in [1.807, 2.05) is 76.2 Å². The Bertz CT molecular complexity index is 735. The van der Waals surface area contributed by atoms with Crippen LogP contribution >= 0.6 is 12.4 Å². The zero-order valence-electron chi connectivity index (χ0n) is 17.0. The lowest BCUT2D eigenvalue weighted by molar-refractivity contribution is 0.242. The van der Waals surface area contributed by atoms with Crippen LogP contribution in [0.2, 0.25) is 0 Å². The highest BCUT2D eigenvalue weighted by molar-refractivity contribution is 5.85. The molecule has 0 bridgehead atoms. The molecule has 0 aliphatic heterocycles.